The molecule has 1 saturated heterocycles. The second-order valence-corrected chi connectivity index (χ2v) is 13.8. The lowest BCUT2D eigenvalue weighted by Gasteiger charge is -2.51. The van der Waals surface area contributed by atoms with Crippen molar-refractivity contribution in [2.24, 2.45) is 0 Å². The molecule has 2 heterocycles. The Morgan fingerprint density at radius 2 is 1.59 bits per heavy atom. The normalized spacial score (nSPS) is 18.1. The van der Waals surface area contributed by atoms with Crippen LogP contribution in [0.15, 0.2) is 65.6 Å². The first-order chi connectivity index (χ1) is 21.3. The standard InChI is InChI=1S/C31H28ClF6N3O4S/c1-29(2,28(42)43)39-13-14-40-21(17-39)18-41(46(44,45)22-6-3-5-20(16-22)30(33,34)35)27-15-19(10-12-26(27)40)9-11-23-24(31(36,37)38)7-4-8-25(23)32/h3-12,15-16,21H,13-14,17-18H2,1-2H3,(H,42,43)/b11-9+/t21-/m0/s1. The van der Waals surface area contributed by atoms with Crippen LogP contribution >= 0.6 is 11.6 Å². The van der Waals surface area contributed by atoms with E-state index >= 15 is 0 Å². The van der Waals surface area contributed by atoms with Crippen molar-refractivity contribution in [3.63, 3.8) is 0 Å². The Kier molecular flexibility index (Phi) is 8.62. The van der Waals surface area contributed by atoms with Gasteiger partial charge in [0.25, 0.3) is 10.0 Å². The lowest BCUT2D eigenvalue weighted by atomic mass is 9.97. The Morgan fingerprint density at radius 1 is 0.891 bits per heavy atom. The second-order valence-electron chi connectivity index (χ2n) is 11.5. The smallest absolute Gasteiger partial charge is 0.417 e. The molecule has 2 aliphatic heterocycles. The number of piperazine rings is 1. The topological polar surface area (TPSA) is 81.2 Å². The molecule has 0 unspecified atom stereocenters. The van der Waals surface area contributed by atoms with E-state index in [1.165, 1.54) is 38.1 Å². The first-order valence-electron chi connectivity index (χ1n) is 13.9. The van der Waals surface area contributed by atoms with Crippen LogP contribution in [0.2, 0.25) is 5.02 Å². The van der Waals surface area contributed by atoms with Crippen LogP contribution in [0.5, 0.6) is 0 Å². The Bertz CT molecular complexity index is 1810. The van der Waals surface area contributed by atoms with Gasteiger partial charge >= 0.3 is 18.3 Å². The highest BCUT2D eigenvalue weighted by atomic mass is 35.5. The molecule has 0 bridgehead atoms. The molecule has 15 heteroatoms. The van der Waals surface area contributed by atoms with Crippen LogP contribution in [0.4, 0.5) is 37.7 Å². The van der Waals surface area contributed by atoms with Crippen molar-refractivity contribution in [2.75, 3.05) is 35.4 Å². The predicted molar refractivity (Wildman–Crippen MR) is 162 cm³/mol. The number of carboxylic acids is 1. The van der Waals surface area contributed by atoms with Crippen LogP contribution in [0, 0.1) is 0 Å². The summed E-state index contributed by atoms with van der Waals surface area (Å²) in [5, 5.41) is 9.63. The molecule has 1 fully saturated rings. The number of halogens is 7. The molecule has 7 nitrogen and oxygen atoms in total. The van der Waals surface area contributed by atoms with Gasteiger partial charge in [0, 0.05) is 30.2 Å². The molecular formula is C31H28ClF6N3O4S. The Balaban J connectivity index is 1.61. The van der Waals surface area contributed by atoms with Crippen LogP contribution in [-0.4, -0.2) is 62.2 Å². The van der Waals surface area contributed by atoms with E-state index < -0.39 is 55.9 Å². The average Bonchev–Trinajstić information content (AvgIpc) is 2.98. The number of sulfonamides is 1. The summed E-state index contributed by atoms with van der Waals surface area (Å²) in [7, 11) is -4.62. The van der Waals surface area contributed by atoms with E-state index in [-0.39, 0.29) is 29.4 Å². The maximum atomic E-state index is 14.1. The number of hydrogen-bond acceptors (Lipinski definition) is 5. The number of aliphatic carboxylic acids is 1. The number of carboxylic acid groups (broad SMARTS) is 1. The highest BCUT2D eigenvalue weighted by Gasteiger charge is 2.45. The summed E-state index contributed by atoms with van der Waals surface area (Å²) < 4.78 is 111. The monoisotopic (exact) mass is 687 g/mol. The number of fused-ring (bicyclic) bond motifs is 3. The molecule has 246 valence electrons. The van der Waals surface area contributed by atoms with Crippen LogP contribution in [0.3, 0.4) is 0 Å². The van der Waals surface area contributed by atoms with Crippen LogP contribution in [0.1, 0.15) is 36.1 Å². The molecule has 2 aliphatic rings. The van der Waals surface area contributed by atoms with E-state index in [2.05, 4.69) is 0 Å². The van der Waals surface area contributed by atoms with E-state index in [9.17, 15) is 44.7 Å². The molecule has 5 rings (SSSR count). The van der Waals surface area contributed by atoms with Crippen LogP contribution < -0.4 is 9.21 Å². The number of rotatable bonds is 6. The number of alkyl halides is 6. The summed E-state index contributed by atoms with van der Waals surface area (Å²) in [6, 6.07) is 10.7. The third kappa shape index (κ3) is 6.29. The maximum absolute atomic E-state index is 14.1. The molecule has 3 aromatic rings. The first-order valence-corrected chi connectivity index (χ1v) is 15.8. The van der Waals surface area contributed by atoms with Gasteiger partial charge in [-0.1, -0.05) is 42.0 Å². The van der Waals surface area contributed by atoms with E-state index in [0.29, 0.717) is 30.4 Å². The van der Waals surface area contributed by atoms with Gasteiger partial charge < -0.3 is 10.0 Å². The average molecular weight is 688 g/mol. The molecule has 1 N–H and O–H groups in total. The van der Waals surface area contributed by atoms with Gasteiger partial charge in [0.2, 0.25) is 0 Å². The zero-order valence-corrected chi connectivity index (χ0v) is 26.0. The Hall–Kier alpha value is -3.75. The fourth-order valence-corrected chi connectivity index (χ4v) is 7.46. The van der Waals surface area contributed by atoms with Crippen LogP contribution in [0.25, 0.3) is 12.2 Å². The number of anilines is 2. The van der Waals surface area contributed by atoms with Gasteiger partial charge in [0.05, 0.1) is 40.0 Å². The highest BCUT2D eigenvalue weighted by Crippen LogP contribution is 2.42. The molecule has 0 amide bonds. The summed E-state index contributed by atoms with van der Waals surface area (Å²) in [4.78, 5) is 15.0. The summed E-state index contributed by atoms with van der Waals surface area (Å²) in [6.07, 6.45) is -6.99. The third-order valence-corrected chi connectivity index (χ3v) is 10.4. The Morgan fingerprint density at radius 3 is 2.24 bits per heavy atom. The van der Waals surface area contributed by atoms with Crippen molar-refractivity contribution in [1.82, 2.24) is 4.90 Å². The predicted octanol–water partition coefficient (Wildman–Crippen LogP) is 7.11. The summed E-state index contributed by atoms with van der Waals surface area (Å²) in [6.45, 7) is 3.61. The zero-order valence-electron chi connectivity index (χ0n) is 24.4. The van der Waals surface area contributed by atoms with Gasteiger partial charge in [0.15, 0.2) is 0 Å². The second kappa shape index (κ2) is 11.8. The molecule has 1 atom stereocenters. The molecule has 46 heavy (non-hydrogen) atoms. The fraction of sp³-hybridized carbons (Fsp3) is 0.323. The number of carbonyl (C=O) groups is 1. The molecule has 0 aromatic heterocycles. The van der Waals surface area contributed by atoms with Crippen molar-refractivity contribution >= 4 is 51.1 Å². The molecule has 0 radical (unpaired) electrons. The van der Waals surface area contributed by atoms with Crippen molar-refractivity contribution in [2.45, 2.75) is 42.7 Å². The van der Waals surface area contributed by atoms with Crippen molar-refractivity contribution < 1.29 is 44.7 Å². The fourth-order valence-electron chi connectivity index (χ4n) is 5.67. The Labute approximate surface area is 266 Å². The maximum Gasteiger partial charge on any atom is 0.417 e. The molecule has 0 aliphatic carbocycles. The van der Waals surface area contributed by atoms with Gasteiger partial charge in [-0.25, -0.2) is 8.42 Å². The largest absolute Gasteiger partial charge is 0.480 e. The van der Waals surface area contributed by atoms with E-state index in [0.717, 1.165) is 34.6 Å². The lowest BCUT2D eigenvalue weighted by molar-refractivity contribution is -0.150. The van der Waals surface area contributed by atoms with Gasteiger partial charge in [-0.2, -0.15) is 26.3 Å². The zero-order chi connectivity index (χ0) is 33.8. The molecule has 0 spiro atoms. The van der Waals surface area contributed by atoms with Crippen molar-refractivity contribution in [3.05, 3.63) is 87.9 Å². The van der Waals surface area contributed by atoms with Crippen molar-refractivity contribution in [1.29, 1.82) is 0 Å². The lowest BCUT2D eigenvalue weighted by Crippen LogP contribution is -2.65. The van der Waals surface area contributed by atoms with Crippen molar-refractivity contribution in [3.8, 4) is 0 Å². The molecule has 0 saturated carbocycles. The molecule has 3 aromatic carbocycles. The number of benzene rings is 3. The first kappa shape index (κ1) is 33.6. The summed E-state index contributed by atoms with van der Waals surface area (Å²) >= 11 is 6.09. The van der Waals surface area contributed by atoms with Gasteiger partial charge in [-0.3, -0.25) is 14.0 Å². The minimum atomic E-state index is -4.81. The van der Waals surface area contributed by atoms with E-state index in [1.54, 1.807) is 17.0 Å². The van der Waals surface area contributed by atoms with Gasteiger partial charge in [-0.05, 0) is 61.9 Å². The number of nitrogens with zero attached hydrogens (tertiary/aromatic N) is 3. The summed E-state index contributed by atoms with van der Waals surface area (Å²) in [5.74, 6) is -1.07. The van der Waals surface area contributed by atoms with Crippen LogP contribution in [-0.2, 0) is 27.2 Å². The highest BCUT2D eigenvalue weighted by molar-refractivity contribution is 7.92. The quantitative estimate of drug-likeness (QED) is 0.220. The van der Waals surface area contributed by atoms with Gasteiger partial charge in [0.1, 0.15) is 5.54 Å². The summed E-state index contributed by atoms with van der Waals surface area (Å²) in [5.41, 5.74) is -2.85. The molecular weight excluding hydrogens is 660 g/mol. The minimum Gasteiger partial charge on any atom is -0.480 e. The third-order valence-electron chi connectivity index (χ3n) is 8.30. The van der Waals surface area contributed by atoms with E-state index in [4.69, 9.17) is 11.6 Å². The number of hydrogen-bond donors (Lipinski definition) is 1. The van der Waals surface area contributed by atoms with E-state index in [1.807, 2.05) is 4.90 Å². The minimum absolute atomic E-state index is 0.108. The van der Waals surface area contributed by atoms with Gasteiger partial charge in [-0.15, -0.1) is 0 Å². The SMILES string of the molecule is CC(C)(C(=O)O)N1CCN2c3ccc(/C=C/c4c(Cl)cccc4C(F)(F)F)cc3N(S(=O)(=O)c3cccc(C(F)(F)F)c3)C[C@@H]2C1.